The summed E-state index contributed by atoms with van der Waals surface area (Å²) in [5, 5.41) is 2.81. The van der Waals surface area contributed by atoms with Gasteiger partial charge in [0.25, 0.3) is 5.91 Å². The number of hydrogen-bond acceptors (Lipinski definition) is 6. The number of carbonyl (C=O) groups is 2. The van der Waals surface area contributed by atoms with Gasteiger partial charge < -0.3 is 19.5 Å². The van der Waals surface area contributed by atoms with E-state index in [1.54, 1.807) is 7.11 Å². The van der Waals surface area contributed by atoms with E-state index in [2.05, 4.69) is 10.0 Å². The first-order chi connectivity index (χ1) is 10.0. The van der Waals surface area contributed by atoms with E-state index in [0.29, 0.717) is 19.2 Å². The van der Waals surface area contributed by atoms with Crippen LogP contribution in [0.3, 0.4) is 0 Å². The molecular weight excluding hydrogens is 296 g/mol. The summed E-state index contributed by atoms with van der Waals surface area (Å²) < 4.78 is 17.7. The van der Waals surface area contributed by atoms with Crippen molar-refractivity contribution in [3.05, 3.63) is 0 Å². The molecule has 0 radical (unpaired) electrons. The maximum atomic E-state index is 11.7. The van der Waals surface area contributed by atoms with Gasteiger partial charge in [-0.1, -0.05) is 13.8 Å². The van der Waals surface area contributed by atoms with Crippen LogP contribution in [0.4, 0.5) is 0 Å². The highest BCUT2D eigenvalue weighted by molar-refractivity contribution is 7.97. The van der Waals surface area contributed by atoms with Gasteiger partial charge in [-0.15, -0.1) is 0 Å². The fourth-order valence-corrected chi connectivity index (χ4v) is 1.86. The van der Waals surface area contributed by atoms with Gasteiger partial charge in [-0.3, -0.25) is 14.3 Å². The van der Waals surface area contributed by atoms with E-state index in [1.807, 2.05) is 20.8 Å². The van der Waals surface area contributed by atoms with Crippen molar-refractivity contribution >= 4 is 23.8 Å². The summed E-state index contributed by atoms with van der Waals surface area (Å²) in [6, 6.07) is -0.0679. The highest BCUT2D eigenvalue weighted by Crippen LogP contribution is 2.01. The number of amides is 2. The average molecular weight is 322 g/mol. The molecule has 0 aromatic heterocycles. The lowest BCUT2D eigenvalue weighted by atomic mass is 10.1. The van der Waals surface area contributed by atoms with Crippen LogP contribution >= 0.6 is 11.9 Å². The molecule has 2 amide bonds. The second-order valence-electron chi connectivity index (χ2n) is 4.65. The molecule has 0 heterocycles. The molecule has 7 nitrogen and oxygen atoms in total. The third-order valence-electron chi connectivity index (χ3n) is 2.50. The number of methoxy groups -OCH3 is 1. The van der Waals surface area contributed by atoms with Crippen LogP contribution in [0.15, 0.2) is 0 Å². The molecule has 8 heteroatoms. The minimum atomic E-state index is -0.301. The average Bonchev–Trinajstić information content (AvgIpc) is 2.43. The summed E-state index contributed by atoms with van der Waals surface area (Å²) in [6.07, 6.45) is 0. The van der Waals surface area contributed by atoms with Crippen molar-refractivity contribution in [2.75, 3.05) is 39.5 Å². The van der Waals surface area contributed by atoms with Crippen molar-refractivity contribution in [3.8, 4) is 0 Å². The Morgan fingerprint density at radius 2 is 1.81 bits per heavy atom. The third-order valence-corrected chi connectivity index (χ3v) is 3.15. The van der Waals surface area contributed by atoms with Crippen LogP contribution in [0, 0.1) is 5.92 Å². The van der Waals surface area contributed by atoms with Crippen LogP contribution in [0.2, 0.25) is 0 Å². The normalized spacial score (nSPS) is 12.2. The van der Waals surface area contributed by atoms with E-state index in [1.165, 1.54) is 0 Å². The van der Waals surface area contributed by atoms with Crippen LogP contribution in [0.1, 0.15) is 20.8 Å². The molecular formula is C13H26N2O5S. The molecule has 1 unspecified atom stereocenters. The molecule has 1 atom stereocenters. The first kappa shape index (κ1) is 20.2. The Balaban J connectivity index is 3.75. The molecule has 0 bridgehead atoms. The lowest BCUT2D eigenvalue weighted by molar-refractivity contribution is -0.130. The van der Waals surface area contributed by atoms with Crippen LogP contribution in [-0.4, -0.2) is 57.3 Å². The molecule has 2 N–H and O–H groups in total. The first-order valence-corrected chi connectivity index (χ1v) is 7.84. The fraction of sp³-hybridized carbons (Fsp3) is 0.846. The monoisotopic (exact) mass is 322 g/mol. The summed E-state index contributed by atoms with van der Waals surface area (Å²) in [6.45, 7) is 6.58. The maximum Gasteiger partial charge on any atom is 0.255 e. The largest absolute Gasteiger partial charge is 0.383 e. The standard InChI is InChI=1S/C13H26N2O5S/c1-5-19-9-21-15-13(17)8-20-7-12(16)14-11(6-18-4)10(2)3/h10-11H,5-9H2,1-4H3,(H,14,16)(H,15,17). The zero-order chi connectivity index (χ0) is 16.1. The van der Waals surface area contributed by atoms with Crippen molar-refractivity contribution in [2.45, 2.75) is 26.8 Å². The SMILES string of the molecule is CCOCSNC(=O)COCC(=O)NC(COC)C(C)C. The second kappa shape index (κ2) is 12.9. The first-order valence-electron chi connectivity index (χ1n) is 6.85. The van der Waals surface area contributed by atoms with E-state index in [9.17, 15) is 9.59 Å². The van der Waals surface area contributed by atoms with E-state index < -0.39 is 0 Å². The van der Waals surface area contributed by atoms with Crippen LogP contribution in [0.5, 0.6) is 0 Å². The number of nitrogens with one attached hydrogen (secondary N) is 2. The second-order valence-corrected chi connectivity index (χ2v) is 5.37. The minimum Gasteiger partial charge on any atom is -0.383 e. The molecule has 124 valence electrons. The molecule has 0 aromatic rings. The Kier molecular flexibility index (Phi) is 12.4. The predicted molar refractivity (Wildman–Crippen MR) is 81.7 cm³/mol. The maximum absolute atomic E-state index is 11.7. The summed E-state index contributed by atoms with van der Waals surface area (Å²) in [7, 11) is 1.59. The Bertz CT molecular complexity index is 302. The predicted octanol–water partition coefficient (Wildman–Crippen LogP) is 0.549. The van der Waals surface area contributed by atoms with Crippen LogP contribution < -0.4 is 10.0 Å². The van der Waals surface area contributed by atoms with E-state index >= 15 is 0 Å². The third kappa shape index (κ3) is 11.5. The topological polar surface area (TPSA) is 85.9 Å². The van der Waals surface area contributed by atoms with Gasteiger partial charge in [0, 0.05) is 13.7 Å². The molecule has 0 aliphatic carbocycles. The minimum absolute atomic E-state index is 0.0679. The Morgan fingerprint density at radius 1 is 1.14 bits per heavy atom. The lowest BCUT2D eigenvalue weighted by Gasteiger charge is -2.21. The molecule has 0 saturated carbocycles. The Labute approximate surface area is 130 Å². The van der Waals surface area contributed by atoms with Crippen LogP contribution in [-0.2, 0) is 23.8 Å². The van der Waals surface area contributed by atoms with E-state index in [0.717, 1.165) is 11.9 Å². The van der Waals surface area contributed by atoms with Crippen molar-refractivity contribution < 1.29 is 23.8 Å². The molecule has 0 saturated heterocycles. The number of hydrogen-bond donors (Lipinski definition) is 2. The van der Waals surface area contributed by atoms with Gasteiger partial charge in [0.15, 0.2) is 0 Å². The smallest absolute Gasteiger partial charge is 0.255 e. The highest BCUT2D eigenvalue weighted by atomic mass is 32.2. The van der Waals surface area contributed by atoms with Gasteiger partial charge in [-0.05, 0) is 24.8 Å². The van der Waals surface area contributed by atoms with Crippen molar-refractivity contribution in [3.63, 3.8) is 0 Å². The zero-order valence-corrected chi connectivity index (χ0v) is 14.0. The van der Waals surface area contributed by atoms with E-state index in [4.69, 9.17) is 14.2 Å². The molecule has 0 aliphatic heterocycles. The molecule has 0 fully saturated rings. The summed E-state index contributed by atoms with van der Waals surface area (Å²) >= 11 is 1.15. The molecule has 0 rings (SSSR count). The zero-order valence-electron chi connectivity index (χ0n) is 13.1. The van der Waals surface area contributed by atoms with Gasteiger partial charge in [0.05, 0.1) is 12.6 Å². The van der Waals surface area contributed by atoms with Crippen molar-refractivity contribution in [2.24, 2.45) is 5.92 Å². The van der Waals surface area contributed by atoms with E-state index in [-0.39, 0.29) is 37.0 Å². The van der Waals surface area contributed by atoms with Crippen molar-refractivity contribution in [1.82, 2.24) is 10.0 Å². The van der Waals surface area contributed by atoms with Gasteiger partial charge >= 0.3 is 0 Å². The Hall–Kier alpha value is -0.830. The van der Waals surface area contributed by atoms with Crippen LogP contribution in [0.25, 0.3) is 0 Å². The summed E-state index contributed by atoms with van der Waals surface area (Å²) in [4.78, 5) is 23.0. The van der Waals surface area contributed by atoms with Gasteiger partial charge in [0.1, 0.15) is 19.2 Å². The molecule has 0 aliphatic rings. The Morgan fingerprint density at radius 3 is 2.38 bits per heavy atom. The lowest BCUT2D eigenvalue weighted by Crippen LogP contribution is -2.43. The number of rotatable bonds is 12. The number of carbonyl (C=O) groups excluding carboxylic acids is 2. The van der Waals surface area contributed by atoms with Gasteiger partial charge in [-0.2, -0.15) is 0 Å². The van der Waals surface area contributed by atoms with Gasteiger partial charge in [0.2, 0.25) is 5.91 Å². The summed E-state index contributed by atoms with van der Waals surface area (Å²) in [5.74, 6) is 0.0769. The molecule has 0 aromatic carbocycles. The quantitative estimate of drug-likeness (QED) is 0.310. The molecule has 21 heavy (non-hydrogen) atoms. The summed E-state index contributed by atoms with van der Waals surface area (Å²) in [5.41, 5.74) is 0. The van der Waals surface area contributed by atoms with Gasteiger partial charge in [-0.25, -0.2) is 0 Å². The highest BCUT2D eigenvalue weighted by Gasteiger charge is 2.16. The molecule has 0 spiro atoms. The fourth-order valence-electron chi connectivity index (χ4n) is 1.33. The van der Waals surface area contributed by atoms with Crippen molar-refractivity contribution in [1.29, 1.82) is 0 Å². The number of ether oxygens (including phenoxy) is 3.